The maximum absolute atomic E-state index is 12.4. The van der Waals surface area contributed by atoms with Crippen LogP contribution in [0, 0.1) is 0 Å². The Kier molecular flexibility index (Phi) is 3.11. The zero-order valence-corrected chi connectivity index (χ0v) is 7.69. The maximum atomic E-state index is 12.4. The van der Waals surface area contributed by atoms with Crippen LogP contribution < -0.4 is 10.2 Å². The van der Waals surface area contributed by atoms with Gasteiger partial charge >= 0.3 is 6.98 Å². The van der Waals surface area contributed by atoms with Crippen molar-refractivity contribution in [3.63, 3.8) is 0 Å². The monoisotopic (exact) mass is 216 g/mol. The molecule has 8 heteroatoms. The topological polar surface area (TPSA) is 58.0 Å². The van der Waals surface area contributed by atoms with Crippen LogP contribution in [0.4, 0.5) is 18.6 Å². The molecule has 0 atom stereocenters. The number of azide groups is 1. The van der Waals surface area contributed by atoms with E-state index in [-0.39, 0.29) is 11.4 Å². The molecule has 1 aromatic rings. The van der Waals surface area contributed by atoms with E-state index in [0.29, 0.717) is 0 Å². The molecule has 1 aromatic carbocycles. The maximum Gasteiger partial charge on any atom is 0.509 e. The molecule has 15 heavy (non-hydrogen) atoms. The van der Waals surface area contributed by atoms with E-state index in [1.807, 2.05) is 0 Å². The van der Waals surface area contributed by atoms with E-state index in [2.05, 4.69) is 14.8 Å². The van der Waals surface area contributed by atoms with Crippen molar-refractivity contribution in [2.24, 2.45) is 5.11 Å². The van der Waals surface area contributed by atoms with Gasteiger partial charge < -0.3 is 17.7 Å². The van der Waals surface area contributed by atoms with E-state index in [1.54, 1.807) is 0 Å². The molecule has 4 nitrogen and oxygen atoms in total. The van der Waals surface area contributed by atoms with Gasteiger partial charge in [0.25, 0.3) is 0 Å². The van der Waals surface area contributed by atoms with E-state index in [1.165, 1.54) is 13.2 Å². The number of ether oxygens (including phenoxy) is 1. The fraction of sp³-hybridized carbons (Fsp3) is 0.143. The van der Waals surface area contributed by atoms with Crippen LogP contribution in [-0.4, -0.2) is 14.1 Å². The predicted molar refractivity (Wildman–Crippen MR) is 50.5 cm³/mol. The first-order valence-corrected chi connectivity index (χ1v) is 3.91. The van der Waals surface area contributed by atoms with E-state index in [0.717, 1.165) is 12.1 Å². The summed E-state index contributed by atoms with van der Waals surface area (Å²) in [5.74, 6) is 0.00843. The predicted octanol–water partition coefficient (Wildman–Crippen LogP) is 2.69. The summed E-state index contributed by atoms with van der Waals surface area (Å²) in [6.45, 7) is -5.13. The molecule has 0 aromatic heterocycles. The van der Waals surface area contributed by atoms with Crippen molar-refractivity contribution >= 4 is 18.1 Å². The van der Waals surface area contributed by atoms with E-state index >= 15 is 0 Å². The van der Waals surface area contributed by atoms with Crippen molar-refractivity contribution in [1.29, 1.82) is 0 Å². The lowest BCUT2D eigenvalue weighted by Gasteiger charge is -2.16. The van der Waals surface area contributed by atoms with Crippen molar-refractivity contribution in [2.75, 3.05) is 7.11 Å². The van der Waals surface area contributed by atoms with Crippen LogP contribution in [-0.2, 0) is 0 Å². The molecule has 0 saturated heterocycles. The largest absolute Gasteiger partial charge is 0.509 e. The molecule has 80 valence electrons. The zero-order chi connectivity index (χ0) is 11.5. The second-order valence-electron chi connectivity index (χ2n) is 2.73. The molecule has 0 unspecified atom stereocenters. The van der Waals surface area contributed by atoms with Gasteiger partial charge in [0.05, 0.1) is 7.11 Å². The molecular weight excluding hydrogens is 210 g/mol. The first-order valence-electron chi connectivity index (χ1n) is 3.91. The molecule has 0 aliphatic rings. The van der Waals surface area contributed by atoms with E-state index in [4.69, 9.17) is 5.53 Å². The van der Waals surface area contributed by atoms with Crippen molar-refractivity contribution in [3.8, 4) is 5.75 Å². The van der Waals surface area contributed by atoms with Gasteiger partial charge in [0, 0.05) is 10.6 Å². The van der Waals surface area contributed by atoms with Gasteiger partial charge in [0.1, 0.15) is 5.75 Å². The van der Waals surface area contributed by atoms with Gasteiger partial charge in [-0.15, -0.1) is 5.46 Å². The SMILES string of the molecule is COc1cc(N=[N+]=[N-])cc([B-](F)(F)F)c1. The lowest BCUT2D eigenvalue weighted by Crippen LogP contribution is -2.33. The molecule has 0 heterocycles. The summed E-state index contributed by atoms with van der Waals surface area (Å²) in [6.07, 6.45) is 0. The van der Waals surface area contributed by atoms with Gasteiger partial charge in [-0.1, -0.05) is 11.2 Å². The van der Waals surface area contributed by atoms with Gasteiger partial charge in [-0.2, -0.15) is 0 Å². The van der Waals surface area contributed by atoms with E-state index < -0.39 is 12.4 Å². The van der Waals surface area contributed by atoms with Crippen molar-refractivity contribution in [1.82, 2.24) is 0 Å². The molecule has 0 aliphatic heterocycles. The van der Waals surface area contributed by atoms with Crippen LogP contribution in [0.15, 0.2) is 23.3 Å². The summed E-state index contributed by atoms with van der Waals surface area (Å²) in [5, 5.41) is 3.10. The third-order valence-electron chi connectivity index (χ3n) is 1.69. The van der Waals surface area contributed by atoms with Crippen LogP contribution in [0.5, 0.6) is 5.75 Å². The first kappa shape index (κ1) is 11.3. The van der Waals surface area contributed by atoms with Crippen LogP contribution in [0.1, 0.15) is 0 Å². The number of hydrogen-bond donors (Lipinski definition) is 0. The number of benzene rings is 1. The zero-order valence-electron chi connectivity index (χ0n) is 7.69. The summed E-state index contributed by atoms with van der Waals surface area (Å²) in [4.78, 5) is 2.41. The average Bonchev–Trinajstić information content (AvgIpc) is 2.16. The molecule has 0 aliphatic carbocycles. The Morgan fingerprint density at radius 2 is 2.00 bits per heavy atom. The van der Waals surface area contributed by atoms with Crippen molar-refractivity contribution in [3.05, 3.63) is 28.6 Å². The third-order valence-corrected chi connectivity index (χ3v) is 1.69. The smallest absolute Gasteiger partial charge is 0.497 e. The summed E-state index contributed by atoms with van der Waals surface area (Å²) >= 11 is 0. The Morgan fingerprint density at radius 1 is 1.33 bits per heavy atom. The fourth-order valence-electron chi connectivity index (χ4n) is 1.02. The summed E-state index contributed by atoms with van der Waals surface area (Å²) in [6, 6.07) is 2.86. The Bertz CT molecular complexity index is 414. The van der Waals surface area contributed by atoms with Crippen molar-refractivity contribution in [2.45, 2.75) is 0 Å². The molecule has 0 radical (unpaired) electrons. The lowest BCUT2D eigenvalue weighted by molar-refractivity contribution is 0.414. The lowest BCUT2D eigenvalue weighted by atomic mass is 9.80. The molecular formula is C7H6BF3N3O-. The van der Waals surface area contributed by atoms with Crippen LogP contribution in [0.2, 0.25) is 0 Å². The van der Waals surface area contributed by atoms with Gasteiger partial charge in [0.15, 0.2) is 0 Å². The molecule has 1 rings (SSSR count). The Labute approximate surface area is 83.3 Å². The normalized spacial score (nSPS) is 10.7. The highest BCUT2D eigenvalue weighted by Gasteiger charge is 2.26. The molecule has 0 amide bonds. The minimum atomic E-state index is -5.13. The van der Waals surface area contributed by atoms with Crippen LogP contribution >= 0.6 is 0 Å². The van der Waals surface area contributed by atoms with Gasteiger partial charge in [-0.05, 0) is 17.7 Å². The van der Waals surface area contributed by atoms with Gasteiger partial charge in [-0.25, -0.2) is 0 Å². The number of halogens is 3. The quantitative estimate of drug-likeness (QED) is 0.331. The fourth-order valence-corrected chi connectivity index (χ4v) is 1.02. The second kappa shape index (κ2) is 4.14. The molecule has 0 bridgehead atoms. The summed E-state index contributed by atoms with van der Waals surface area (Å²) in [5.41, 5.74) is 7.15. The summed E-state index contributed by atoms with van der Waals surface area (Å²) < 4.78 is 41.9. The number of nitrogens with zero attached hydrogens (tertiary/aromatic N) is 3. The highest BCUT2D eigenvalue weighted by atomic mass is 19.4. The number of hydrogen-bond acceptors (Lipinski definition) is 2. The molecule has 0 spiro atoms. The number of methoxy groups -OCH3 is 1. The van der Waals surface area contributed by atoms with Crippen LogP contribution in [0.25, 0.3) is 10.4 Å². The third kappa shape index (κ3) is 2.82. The first-order chi connectivity index (χ1) is 6.97. The van der Waals surface area contributed by atoms with E-state index in [9.17, 15) is 12.9 Å². The Balaban J connectivity index is 3.29. The highest BCUT2D eigenvalue weighted by Crippen LogP contribution is 2.22. The van der Waals surface area contributed by atoms with Gasteiger partial charge in [-0.3, -0.25) is 0 Å². The Morgan fingerprint density at radius 3 is 2.47 bits per heavy atom. The summed E-state index contributed by atoms with van der Waals surface area (Å²) in [7, 11) is 1.24. The number of rotatable bonds is 3. The average molecular weight is 216 g/mol. The minimum absolute atomic E-state index is 0.00843. The van der Waals surface area contributed by atoms with Gasteiger partial charge in [0.2, 0.25) is 0 Å². The second-order valence-corrected chi connectivity index (χ2v) is 2.73. The minimum Gasteiger partial charge on any atom is -0.497 e. The molecule has 0 fully saturated rings. The highest BCUT2D eigenvalue weighted by molar-refractivity contribution is 6.73. The van der Waals surface area contributed by atoms with Crippen LogP contribution in [0.3, 0.4) is 0 Å². The molecule has 0 N–H and O–H groups in total. The molecule has 0 saturated carbocycles. The standard InChI is InChI=1S/C7H6BF3N3O/c1-15-7-3-5(8(9,10)11)2-6(4-7)13-14-12/h2-4H,1H3/q-1. The van der Waals surface area contributed by atoms with Crippen molar-refractivity contribution < 1.29 is 17.7 Å². The Hall–Kier alpha value is -1.82.